The molecule has 0 fully saturated rings. The fourth-order valence-electron chi connectivity index (χ4n) is 1.40. The number of halogens is 1. The highest BCUT2D eigenvalue weighted by Crippen LogP contribution is 2.16. The van der Waals surface area contributed by atoms with Gasteiger partial charge in [0.05, 0.1) is 12.8 Å². The van der Waals surface area contributed by atoms with Gasteiger partial charge in [-0.05, 0) is 58.8 Å². The number of nitrogens with one attached hydrogen (secondary N) is 2. The van der Waals surface area contributed by atoms with Crippen LogP contribution in [0.2, 0.25) is 0 Å². The highest BCUT2D eigenvalue weighted by Gasteiger charge is 2.03. The van der Waals surface area contributed by atoms with Gasteiger partial charge in [0.15, 0.2) is 5.11 Å². The predicted molar refractivity (Wildman–Crippen MR) is 78.4 cm³/mol. The third-order valence-corrected chi connectivity index (χ3v) is 2.96. The van der Waals surface area contributed by atoms with Gasteiger partial charge >= 0.3 is 0 Å². The third-order valence-electron chi connectivity index (χ3n) is 2.28. The van der Waals surface area contributed by atoms with E-state index in [9.17, 15) is 0 Å². The first-order valence-electron chi connectivity index (χ1n) is 5.34. The molecule has 2 rings (SSSR count). The lowest BCUT2D eigenvalue weighted by Gasteiger charge is -2.10. The molecule has 2 heterocycles. The number of anilines is 1. The van der Waals surface area contributed by atoms with E-state index in [1.54, 1.807) is 12.5 Å². The van der Waals surface area contributed by atoms with E-state index in [-0.39, 0.29) is 0 Å². The van der Waals surface area contributed by atoms with Gasteiger partial charge in [0, 0.05) is 10.7 Å². The van der Waals surface area contributed by atoms with Crippen LogP contribution in [0.25, 0.3) is 0 Å². The van der Waals surface area contributed by atoms with Gasteiger partial charge in [-0.3, -0.25) is 0 Å². The molecule has 2 aromatic rings. The maximum Gasteiger partial charge on any atom is 0.172 e. The molecular formula is C12H12BrN3OS. The van der Waals surface area contributed by atoms with Crippen molar-refractivity contribution in [1.82, 2.24) is 10.3 Å². The molecular weight excluding hydrogens is 314 g/mol. The Morgan fingerprint density at radius 3 is 3.06 bits per heavy atom. The molecule has 0 aliphatic carbocycles. The fourth-order valence-corrected chi connectivity index (χ4v) is 2.02. The second kappa shape index (κ2) is 5.97. The zero-order valence-electron chi connectivity index (χ0n) is 9.74. The first-order valence-corrected chi connectivity index (χ1v) is 6.54. The van der Waals surface area contributed by atoms with Crippen LogP contribution in [-0.2, 0) is 6.54 Å². The van der Waals surface area contributed by atoms with Crippen molar-refractivity contribution < 1.29 is 4.42 Å². The summed E-state index contributed by atoms with van der Waals surface area (Å²) in [7, 11) is 0. The molecule has 0 atom stereocenters. The van der Waals surface area contributed by atoms with Crippen molar-refractivity contribution in [3.63, 3.8) is 0 Å². The summed E-state index contributed by atoms with van der Waals surface area (Å²) in [6.45, 7) is 2.52. The van der Waals surface area contributed by atoms with Crippen molar-refractivity contribution in [2.24, 2.45) is 0 Å². The Balaban J connectivity index is 1.91. The summed E-state index contributed by atoms with van der Waals surface area (Å²) in [6.07, 6.45) is 3.36. The van der Waals surface area contributed by atoms with Crippen molar-refractivity contribution in [2.45, 2.75) is 13.5 Å². The van der Waals surface area contributed by atoms with Gasteiger partial charge in [0.25, 0.3) is 0 Å². The zero-order valence-corrected chi connectivity index (χ0v) is 12.1. The molecule has 0 unspecified atom stereocenters. The quantitative estimate of drug-likeness (QED) is 0.848. The number of thiocarbonyl (C=S) groups is 1. The Morgan fingerprint density at radius 2 is 2.39 bits per heavy atom. The molecule has 4 nitrogen and oxygen atoms in total. The van der Waals surface area contributed by atoms with Gasteiger partial charge in [-0.1, -0.05) is 0 Å². The Bertz CT molecular complexity index is 542. The SMILES string of the molecule is Cc1cc(Br)cnc1NC(=S)NCc1ccco1. The number of pyridine rings is 1. The van der Waals surface area contributed by atoms with Crippen molar-refractivity contribution in [2.75, 3.05) is 5.32 Å². The Labute approximate surface area is 119 Å². The topological polar surface area (TPSA) is 50.1 Å². The van der Waals surface area contributed by atoms with Crippen LogP contribution in [-0.4, -0.2) is 10.1 Å². The average Bonchev–Trinajstić information content (AvgIpc) is 2.83. The molecule has 0 saturated carbocycles. The van der Waals surface area contributed by atoms with Crippen molar-refractivity contribution in [3.05, 3.63) is 46.5 Å². The van der Waals surface area contributed by atoms with Crippen molar-refractivity contribution >= 4 is 39.1 Å². The summed E-state index contributed by atoms with van der Waals surface area (Å²) in [4.78, 5) is 4.25. The van der Waals surface area contributed by atoms with E-state index in [2.05, 4.69) is 31.5 Å². The van der Waals surface area contributed by atoms with E-state index in [4.69, 9.17) is 16.6 Å². The molecule has 0 radical (unpaired) electrons. The Kier molecular flexibility index (Phi) is 4.33. The minimum Gasteiger partial charge on any atom is -0.467 e. The van der Waals surface area contributed by atoms with Gasteiger partial charge in [-0.25, -0.2) is 4.98 Å². The lowest BCUT2D eigenvalue weighted by Crippen LogP contribution is -2.28. The van der Waals surface area contributed by atoms with Crippen molar-refractivity contribution in [1.29, 1.82) is 0 Å². The van der Waals surface area contributed by atoms with Crippen LogP contribution in [0.15, 0.2) is 39.5 Å². The smallest absolute Gasteiger partial charge is 0.172 e. The predicted octanol–water partition coefficient (Wildman–Crippen LogP) is 3.23. The number of aryl methyl sites for hydroxylation is 1. The largest absolute Gasteiger partial charge is 0.467 e. The fraction of sp³-hybridized carbons (Fsp3) is 0.167. The van der Waals surface area contributed by atoms with E-state index in [1.807, 2.05) is 25.1 Å². The summed E-state index contributed by atoms with van der Waals surface area (Å²) in [5.74, 6) is 1.58. The van der Waals surface area contributed by atoms with Crippen LogP contribution in [0.5, 0.6) is 0 Å². The van der Waals surface area contributed by atoms with Gasteiger partial charge in [0.1, 0.15) is 11.6 Å². The molecule has 0 spiro atoms. The number of rotatable bonds is 3. The van der Waals surface area contributed by atoms with Crippen LogP contribution in [0.4, 0.5) is 5.82 Å². The molecule has 0 aliphatic rings. The zero-order chi connectivity index (χ0) is 13.0. The van der Waals surface area contributed by atoms with Crippen LogP contribution < -0.4 is 10.6 Å². The molecule has 0 saturated heterocycles. The van der Waals surface area contributed by atoms with E-state index in [0.29, 0.717) is 11.7 Å². The molecule has 94 valence electrons. The minimum absolute atomic E-state index is 0.518. The summed E-state index contributed by atoms with van der Waals surface area (Å²) >= 11 is 8.55. The second-order valence-corrected chi connectivity index (χ2v) is 5.03. The molecule has 0 amide bonds. The average molecular weight is 326 g/mol. The van der Waals surface area contributed by atoms with E-state index in [0.717, 1.165) is 21.6 Å². The minimum atomic E-state index is 0.518. The van der Waals surface area contributed by atoms with Crippen LogP contribution in [0.1, 0.15) is 11.3 Å². The summed E-state index contributed by atoms with van der Waals surface area (Å²) in [5.41, 5.74) is 1.02. The van der Waals surface area contributed by atoms with Crippen molar-refractivity contribution in [3.8, 4) is 0 Å². The number of furan rings is 1. The van der Waals surface area contributed by atoms with E-state index >= 15 is 0 Å². The van der Waals surface area contributed by atoms with E-state index in [1.165, 1.54) is 0 Å². The first-order chi connectivity index (χ1) is 8.65. The highest BCUT2D eigenvalue weighted by molar-refractivity contribution is 9.10. The molecule has 2 aromatic heterocycles. The summed E-state index contributed by atoms with van der Waals surface area (Å²) in [6, 6.07) is 5.71. The Hall–Kier alpha value is -1.40. The van der Waals surface area contributed by atoms with Crippen LogP contribution in [0, 0.1) is 6.92 Å². The van der Waals surface area contributed by atoms with Crippen LogP contribution >= 0.6 is 28.1 Å². The molecule has 0 aromatic carbocycles. The maximum atomic E-state index is 5.20. The normalized spacial score (nSPS) is 10.1. The maximum absolute atomic E-state index is 5.20. The number of hydrogen-bond donors (Lipinski definition) is 2. The lowest BCUT2D eigenvalue weighted by molar-refractivity contribution is 0.503. The summed E-state index contributed by atoms with van der Waals surface area (Å²) < 4.78 is 6.15. The standard InChI is InChI=1S/C12H12BrN3OS/c1-8-5-9(13)6-14-11(8)16-12(18)15-7-10-3-2-4-17-10/h2-6H,7H2,1H3,(H2,14,15,16,18). The molecule has 6 heteroatoms. The van der Waals surface area contributed by atoms with Crippen LogP contribution in [0.3, 0.4) is 0 Å². The van der Waals surface area contributed by atoms with Gasteiger partial charge in [0.2, 0.25) is 0 Å². The Morgan fingerprint density at radius 1 is 1.56 bits per heavy atom. The molecule has 0 bridgehead atoms. The number of nitrogens with zero attached hydrogens (tertiary/aromatic N) is 1. The highest BCUT2D eigenvalue weighted by atomic mass is 79.9. The van der Waals surface area contributed by atoms with Gasteiger partial charge in [-0.15, -0.1) is 0 Å². The third kappa shape index (κ3) is 3.54. The van der Waals surface area contributed by atoms with Gasteiger partial charge < -0.3 is 15.1 Å². The number of aromatic nitrogens is 1. The lowest BCUT2D eigenvalue weighted by atomic mass is 10.3. The molecule has 2 N–H and O–H groups in total. The monoisotopic (exact) mass is 325 g/mol. The number of hydrogen-bond acceptors (Lipinski definition) is 3. The molecule has 18 heavy (non-hydrogen) atoms. The van der Waals surface area contributed by atoms with E-state index < -0.39 is 0 Å². The van der Waals surface area contributed by atoms with Gasteiger partial charge in [-0.2, -0.15) is 0 Å². The second-order valence-electron chi connectivity index (χ2n) is 3.71. The molecule has 0 aliphatic heterocycles. The first kappa shape index (κ1) is 13.0. The summed E-state index contributed by atoms with van der Waals surface area (Å²) in [5, 5.41) is 6.61.